The van der Waals surface area contributed by atoms with Crippen LogP contribution >= 0.6 is 7.82 Å². The summed E-state index contributed by atoms with van der Waals surface area (Å²) < 4.78 is 28.3. The zero-order valence-corrected chi connectivity index (χ0v) is 16.6. The summed E-state index contributed by atoms with van der Waals surface area (Å²) in [6, 6.07) is 4.09. The number of aliphatic hydroxyl groups excluding tert-OH is 1. The van der Waals surface area contributed by atoms with Crippen molar-refractivity contribution in [1.82, 2.24) is 4.90 Å². The van der Waals surface area contributed by atoms with E-state index in [-0.39, 0.29) is 5.91 Å². The molecule has 10 heteroatoms. The smallest absolute Gasteiger partial charge is 0.268 e. The molecule has 9 nitrogen and oxygen atoms in total. The van der Waals surface area contributed by atoms with Gasteiger partial charge in [0.15, 0.2) is 5.69 Å². The maximum atomic E-state index is 12.5. The summed E-state index contributed by atoms with van der Waals surface area (Å²) >= 11 is 0. The molecule has 0 bridgehead atoms. The first-order valence-corrected chi connectivity index (χ1v) is 10.4. The number of phosphoric acid groups is 1. The van der Waals surface area contributed by atoms with E-state index in [1.54, 1.807) is 36.9 Å². The number of carbonyl (C=O) groups is 1. The van der Waals surface area contributed by atoms with Crippen LogP contribution in [0.1, 0.15) is 38.3 Å². The molecule has 3 atom stereocenters. The van der Waals surface area contributed by atoms with Crippen molar-refractivity contribution in [1.29, 1.82) is 0 Å². The quantitative estimate of drug-likeness (QED) is 0.564. The zero-order chi connectivity index (χ0) is 20.5. The van der Waals surface area contributed by atoms with E-state index in [0.717, 1.165) is 0 Å². The Labute approximate surface area is 163 Å². The van der Waals surface area contributed by atoms with Crippen LogP contribution in [0.25, 0.3) is 4.85 Å². The molecule has 1 N–H and O–H groups in total. The molecule has 0 radical (unpaired) electrons. The van der Waals surface area contributed by atoms with Gasteiger partial charge < -0.3 is 28.7 Å². The van der Waals surface area contributed by atoms with E-state index in [1.807, 2.05) is 0 Å². The summed E-state index contributed by atoms with van der Waals surface area (Å²) in [7, 11) is -4.77. The maximum Gasteiger partial charge on any atom is 0.268 e. The first-order valence-electron chi connectivity index (χ1n) is 8.93. The topological polar surface area (TPSA) is 113 Å². The van der Waals surface area contributed by atoms with Crippen molar-refractivity contribution in [2.75, 3.05) is 19.8 Å². The van der Waals surface area contributed by atoms with Crippen molar-refractivity contribution in [3.8, 4) is 5.75 Å². The highest BCUT2D eigenvalue weighted by Crippen LogP contribution is 2.52. The highest BCUT2D eigenvalue weighted by atomic mass is 31.2. The Morgan fingerprint density at radius 1 is 1.50 bits per heavy atom. The SMILES string of the molecule is [C-]#[N+]c1ccc2c(c1)[C@@H](N1CCCC1=O)[C@H](OP(=O)([O-])OCCO)C(C)(C)O2. The van der Waals surface area contributed by atoms with Crippen molar-refractivity contribution >= 4 is 19.4 Å². The van der Waals surface area contributed by atoms with E-state index in [9.17, 15) is 14.3 Å². The molecule has 1 amide bonds. The molecule has 1 aromatic carbocycles. The van der Waals surface area contributed by atoms with Gasteiger partial charge in [-0.2, -0.15) is 0 Å². The van der Waals surface area contributed by atoms with Gasteiger partial charge >= 0.3 is 0 Å². The number of hydrogen-bond donors (Lipinski definition) is 1. The Kier molecular flexibility index (Phi) is 5.80. The number of carbonyl (C=O) groups excluding carboxylic acids is 1. The van der Waals surface area contributed by atoms with Gasteiger partial charge in [0.25, 0.3) is 7.82 Å². The van der Waals surface area contributed by atoms with Crippen LogP contribution < -0.4 is 9.63 Å². The average molecular weight is 409 g/mol. The molecular formula is C18H22N2O7P-. The summed E-state index contributed by atoms with van der Waals surface area (Å²) in [5.41, 5.74) is -0.238. The molecule has 0 aliphatic carbocycles. The molecule has 3 rings (SSSR count). The molecule has 1 aromatic rings. The van der Waals surface area contributed by atoms with Gasteiger partial charge in [0, 0.05) is 18.5 Å². The third-order valence-corrected chi connectivity index (χ3v) is 5.80. The van der Waals surface area contributed by atoms with Gasteiger partial charge in [0.2, 0.25) is 5.91 Å². The fourth-order valence-corrected chi connectivity index (χ4v) is 4.63. The fraction of sp³-hybridized carbons (Fsp3) is 0.556. The number of ether oxygens (including phenoxy) is 1. The highest BCUT2D eigenvalue weighted by molar-refractivity contribution is 7.45. The van der Waals surface area contributed by atoms with E-state index >= 15 is 0 Å². The van der Waals surface area contributed by atoms with Gasteiger partial charge in [0.1, 0.15) is 17.5 Å². The summed E-state index contributed by atoms with van der Waals surface area (Å²) in [5.74, 6) is 0.353. The third-order valence-electron chi connectivity index (χ3n) is 4.82. The van der Waals surface area contributed by atoms with Gasteiger partial charge in [-0.25, -0.2) is 4.85 Å². The lowest BCUT2D eigenvalue weighted by atomic mass is 9.85. The van der Waals surface area contributed by atoms with Crippen LogP contribution in [0.15, 0.2) is 18.2 Å². The van der Waals surface area contributed by atoms with E-state index in [4.69, 9.17) is 20.9 Å². The number of aliphatic hydroxyl groups is 1. The minimum absolute atomic E-state index is 0.118. The van der Waals surface area contributed by atoms with Crippen LogP contribution in [0.4, 0.5) is 5.69 Å². The van der Waals surface area contributed by atoms with Gasteiger partial charge in [-0.3, -0.25) is 9.36 Å². The normalized spacial score (nSPS) is 25.5. The summed E-state index contributed by atoms with van der Waals surface area (Å²) in [6.45, 7) is 10.1. The van der Waals surface area contributed by atoms with Crippen LogP contribution in [0.5, 0.6) is 5.75 Å². The van der Waals surface area contributed by atoms with Crippen LogP contribution in [-0.2, 0) is 18.4 Å². The van der Waals surface area contributed by atoms with Gasteiger partial charge in [-0.05, 0) is 32.4 Å². The van der Waals surface area contributed by atoms with Crippen molar-refractivity contribution < 1.29 is 33.1 Å². The molecule has 2 aliphatic heterocycles. The number of benzene rings is 1. The van der Waals surface area contributed by atoms with Gasteiger partial charge in [0.05, 0.1) is 25.8 Å². The minimum Gasteiger partial charge on any atom is -0.756 e. The Bertz CT molecular complexity index is 851. The van der Waals surface area contributed by atoms with Crippen molar-refractivity contribution in [3.63, 3.8) is 0 Å². The number of likely N-dealkylation sites (tertiary alicyclic amines) is 1. The second-order valence-electron chi connectivity index (χ2n) is 7.21. The number of nitrogens with zero attached hydrogens (tertiary/aromatic N) is 2. The van der Waals surface area contributed by atoms with Crippen molar-refractivity contribution in [2.24, 2.45) is 0 Å². The van der Waals surface area contributed by atoms with E-state index in [2.05, 4.69) is 9.37 Å². The molecule has 2 heterocycles. The number of rotatable bonds is 6. The van der Waals surface area contributed by atoms with E-state index in [1.165, 1.54) is 0 Å². The predicted molar refractivity (Wildman–Crippen MR) is 96.6 cm³/mol. The van der Waals surface area contributed by atoms with E-state index in [0.29, 0.717) is 36.4 Å². The monoisotopic (exact) mass is 409 g/mol. The lowest BCUT2D eigenvalue weighted by molar-refractivity contribution is -0.240. The van der Waals surface area contributed by atoms with Crippen LogP contribution in [-0.4, -0.2) is 47.4 Å². The first kappa shape index (κ1) is 20.8. The second-order valence-corrected chi connectivity index (χ2v) is 8.57. The number of amides is 1. The molecule has 0 aromatic heterocycles. The lowest BCUT2D eigenvalue weighted by Crippen LogP contribution is -2.55. The molecular weight excluding hydrogens is 387 g/mol. The predicted octanol–water partition coefficient (Wildman–Crippen LogP) is 1.93. The Morgan fingerprint density at radius 2 is 2.25 bits per heavy atom. The number of phosphoric ester groups is 1. The molecule has 0 spiro atoms. The highest BCUT2D eigenvalue weighted by Gasteiger charge is 2.50. The summed E-state index contributed by atoms with van der Waals surface area (Å²) in [6.07, 6.45) is -0.0830. The first-order chi connectivity index (χ1) is 13.2. The Morgan fingerprint density at radius 3 is 2.86 bits per heavy atom. The Hall–Kier alpha value is -1.95. The standard InChI is InChI=1S/C18H23N2O7P/c1-18(2)17(27-28(23,24)25-10-9-21)16(20-8-4-5-15(20)22)13-11-12(19-3)6-7-14(13)26-18/h6-7,11,16-17,21H,4-5,8-10H2,1-2H3,(H,23,24)/p-1/t16-,17+/m1/s1. The van der Waals surface area contributed by atoms with Crippen LogP contribution in [0, 0.1) is 6.57 Å². The molecule has 1 fully saturated rings. The second kappa shape index (κ2) is 7.82. The maximum absolute atomic E-state index is 12.5. The third kappa shape index (κ3) is 4.07. The fourth-order valence-electron chi connectivity index (χ4n) is 3.62. The minimum atomic E-state index is -4.77. The molecule has 2 aliphatic rings. The van der Waals surface area contributed by atoms with Gasteiger partial charge in [-0.15, -0.1) is 0 Å². The lowest BCUT2D eigenvalue weighted by Gasteiger charge is -2.48. The van der Waals surface area contributed by atoms with Crippen LogP contribution in [0.2, 0.25) is 0 Å². The van der Waals surface area contributed by atoms with Crippen molar-refractivity contribution in [2.45, 2.75) is 44.4 Å². The van der Waals surface area contributed by atoms with Crippen LogP contribution in [0.3, 0.4) is 0 Å². The molecule has 1 unspecified atom stereocenters. The molecule has 0 saturated carbocycles. The van der Waals surface area contributed by atoms with Gasteiger partial charge in [-0.1, -0.05) is 6.07 Å². The molecule has 152 valence electrons. The molecule has 1 saturated heterocycles. The summed E-state index contributed by atoms with van der Waals surface area (Å²) in [5, 5.41) is 8.84. The summed E-state index contributed by atoms with van der Waals surface area (Å²) in [4.78, 5) is 29.8. The molecule has 28 heavy (non-hydrogen) atoms. The Balaban J connectivity index is 2.07. The largest absolute Gasteiger partial charge is 0.756 e. The van der Waals surface area contributed by atoms with Crippen molar-refractivity contribution in [3.05, 3.63) is 35.2 Å². The number of fused-ring (bicyclic) bond motifs is 1. The van der Waals surface area contributed by atoms with E-state index < -0.39 is 38.8 Å². The number of hydrogen-bond acceptors (Lipinski definition) is 7. The average Bonchev–Trinajstić information content (AvgIpc) is 3.05. The zero-order valence-electron chi connectivity index (χ0n) is 15.7.